The summed E-state index contributed by atoms with van der Waals surface area (Å²) in [5.74, 6) is 1.19. The maximum absolute atomic E-state index is 12.6. The second-order valence-corrected chi connectivity index (χ2v) is 4.35. The van der Waals surface area contributed by atoms with Gasteiger partial charge in [-0.05, 0) is 37.2 Å². The van der Waals surface area contributed by atoms with Crippen molar-refractivity contribution in [2.24, 2.45) is 0 Å². The lowest BCUT2D eigenvalue weighted by Crippen LogP contribution is -2.39. The summed E-state index contributed by atoms with van der Waals surface area (Å²) in [6, 6.07) is 4.99. The molecule has 1 atom stereocenters. The number of likely N-dealkylation sites (N-methyl/N-ethyl adjacent to an activating group) is 1. The van der Waals surface area contributed by atoms with E-state index in [0.717, 1.165) is 12.0 Å². The van der Waals surface area contributed by atoms with E-state index in [1.807, 2.05) is 6.07 Å². The van der Waals surface area contributed by atoms with Gasteiger partial charge in [-0.2, -0.15) is 5.10 Å². The molecule has 0 saturated carbocycles. The Morgan fingerprint density at radius 2 is 2.37 bits per heavy atom. The highest BCUT2D eigenvalue weighted by Crippen LogP contribution is 2.27. The van der Waals surface area contributed by atoms with Gasteiger partial charge in [0.15, 0.2) is 5.82 Å². The summed E-state index contributed by atoms with van der Waals surface area (Å²) < 4.78 is 5.45. The van der Waals surface area contributed by atoms with Crippen molar-refractivity contribution in [1.82, 2.24) is 15.5 Å². The summed E-state index contributed by atoms with van der Waals surface area (Å²) in [4.78, 5) is 14.2. The minimum Gasteiger partial charge on any atom is -0.467 e. The molecule has 1 aliphatic rings. The van der Waals surface area contributed by atoms with Gasteiger partial charge in [-0.15, -0.1) is 5.10 Å². The molecule has 3 rings (SSSR count). The molecular formula is C13H14N4O2. The van der Waals surface area contributed by atoms with E-state index >= 15 is 0 Å². The first-order chi connectivity index (χ1) is 9.31. The van der Waals surface area contributed by atoms with Gasteiger partial charge in [-0.1, -0.05) is 0 Å². The molecule has 3 heterocycles. The average molecular weight is 258 g/mol. The molecule has 6 heteroatoms. The predicted molar refractivity (Wildman–Crippen MR) is 68.6 cm³/mol. The van der Waals surface area contributed by atoms with E-state index in [9.17, 15) is 4.79 Å². The lowest BCUT2D eigenvalue weighted by atomic mass is 10.1. The molecule has 0 spiro atoms. The van der Waals surface area contributed by atoms with Crippen LogP contribution in [0.3, 0.4) is 0 Å². The van der Waals surface area contributed by atoms with E-state index in [-0.39, 0.29) is 5.91 Å². The number of rotatable bonds is 2. The van der Waals surface area contributed by atoms with Crippen LogP contribution in [0.5, 0.6) is 0 Å². The summed E-state index contributed by atoms with van der Waals surface area (Å²) in [7, 11) is 1.75. The summed E-state index contributed by atoms with van der Waals surface area (Å²) in [5.41, 5.74) is 1.05. The molecule has 1 unspecified atom stereocenters. The van der Waals surface area contributed by atoms with Crippen molar-refractivity contribution in [2.45, 2.75) is 12.5 Å². The highest BCUT2D eigenvalue weighted by molar-refractivity contribution is 5.97. The Balaban J connectivity index is 1.99. The van der Waals surface area contributed by atoms with Crippen LogP contribution in [0.25, 0.3) is 0 Å². The third-order valence-corrected chi connectivity index (χ3v) is 3.28. The number of aromatic nitrogens is 2. The van der Waals surface area contributed by atoms with E-state index in [4.69, 9.17) is 4.42 Å². The SMILES string of the molecule is CNC1C(=O)N(c2cccnn2)CCc2ccoc21. The van der Waals surface area contributed by atoms with Crippen LogP contribution < -0.4 is 10.2 Å². The second-order valence-electron chi connectivity index (χ2n) is 4.35. The van der Waals surface area contributed by atoms with E-state index in [0.29, 0.717) is 18.1 Å². The second kappa shape index (κ2) is 4.81. The average Bonchev–Trinajstić information content (AvgIpc) is 2.85. The number of hydrogen-bond donors (Lipinski definition) is 1. The molecule has 1 aliphatic heterocycles. The van der Waals surface area contributed by atoms with E-state index in [1.54, 1.807) is 36.5 Å². The summed E-state index contributed by atoms with van der Waals surface area (Å²) in [6.07, 6.45) is 3.96. The predicted octanol–water partition coefficient (Wildman–Crippen LogP) is 0.919. The Labute approximate surface area is 110 Å². The molecule has 0 fully saturated rings. The Morgan fingerprint density at radius 1 is 1.47 bits per heavy atom. The summed E-state index contributed by atoms with van der Waals surface area (Å²) in [5, 5.41) is 10.8. The van der Waals surface area contributed by atoms with Gasteiger partial charge in [0.05, 0.1) is 6.26 Å². The van der Waals surface area contributed by atoms with Crippen molar-refractivity contribution in [1.29, 1.82) is 0 Å². The fourth-order valence-corrected chi connectivity index (χ4v) is 2.34. The highest BCUT2D eigenvalue weighted by Gasteiger charge is 2.33. The number of nitrogens with one attached hydrogen (secondary N) is 1. The van der Waals surface area contributed by atoms with Gasteiger partial charge in [0.1, 0.15) is 11.8 Å². The molecule has 1 amide bonds. The van der Waals surface area contributed by atoms with Gasteiger partial charge in [0.25, 0.3) is 5.91 Å². The van der Waals surface area contributed by atoms with Crippen LogP contribution in [0.2, 0.25) is 0 Å². The Morgan fingerprint density at radius 3 is 3.11 bits per heavy atom. The smallest absolute Gasteiger partial charge is 0.253 e. The fourth-order valence-electron chi connectivity index (χ4n) is 2.34. The van der Waals surface area contributed by atoms with Crippen molar-refractivity contribution in [3.05, 3.63) is 42.0 Å². The lowest BCUT2D eigenvalue weighted by Gasteiger charge is -2.22. The molecule has 2 aromatic heterocycles. The van der Waals surface area contributed by atoms with Crippen molar-refractivity contribution < 1.29 is 9.21 Å². The molecule has 98 valence electrons. The number of furan rings is 1. The van der Waals surface area contributed by atoms with Crippen LogP contribution in [-0.4, -0.2) is 29.7 Å². The molecule has 19 heavy (non-hydrogen) atoms. The Bertz CT molecular complexity index is 581. The van der Waals surface area contributed by atoms with Gasteiger partial charge < -0.3 is 9.73 Å². The molecule has 0 radical (unpaired) electrons. The van der Waals surface area contributed by atoms with Gasteiger partial charge >= 0.3 is 0 Å². The number of hydrogen-bond acceptors (Lipinski definition) is 5. The molecule has 6 nitrogen and oxygen atoms in total. The number of carbonyl (C=O) groups is 1. The van der Waals surface area contributed by atoms with Crippen LogP contribution in [0, 0.1) is 0 Å². The minimum atomic E-state index is -0.477. The Hall–Kier alpha value is -2.21. The molecule has 0 saturated heterocycles. The highest BCUT2D eigenvalue weighted by atomic mass is 16.3. The number of nitrogens with zero attached hydrogens (tertiary/aromatic N) is 3. The van der Waals surface area contributed by atoms with Crippen molar-refractivity contribution in [2.75, 3.05) is 18.5 Å². The third kappa shape index (κ3) is 2.00. The maximum atomic E-state index is 12.6. The van der Waals surface area contributed by atoms with Gasteiger partial charge in [0.2, 0.25) is 0 Å². The number of anilines is 1. The fraction of sp³-hybridized carbons (Fsp3) is 0.308. The first-order valence-electron chi connectivity index (χ1n) is 6.14. The number of carbonyl (C=O) groups excluding carboxylic acids is 1. The zero-order chi connectivity index (χ0) is 13.2. The molecule has 0 bridgehead atoms. The van der Waals surface area contributed by atoms with Gasteiger partial charge in [-0.3, -0.25) is 9.69 Å². The standard InChI is InChI=1S/C13H14N4O2/c1-14-11-12-9(5-8-19-12)4-7-17(13(11)18)10-3-2-6-15-16-10/h2-3,5-6,8,11,14H,4,7H2,1H3. The zero-order valence-corrected chi connectivity index (χ0v) is 10.5. The largest absolute Gasteiger partial charge is 0.467 e. The minimum absolute atomic E-state index is 0.0725. The zero-order valence-electron chi connectivity index (χ0n) is 10.5. The first-order valence-corrected chi connectivity index (χ1v) is 6.14. The lowest BCUT2D eigenvalue weighted by molar-refractivity contribution is -0.120. The normalized spacial score (nSPS) is 19.1. The molecule has 0 aliphatic carbocycles. The summed E-state index contributed by atoms with van der Waals surface area (Å²) >= 11 is 0. The monoisotopic (exact) mass is 258 g/mol. The van der Waals surface area contributed by atoms with Crippen LogP contribution in [0.15, 0.2) is 35.1 Å². The topological polar surface area (TPSA) is 71.3 Å². The van der Waals surface area contributed by atoms with Crippen molar-refractivity contribution in [3.63, 3.8) is 0 Å². The van der Waals surface area contributed by atoms with Crippen LogP contribution in [0.4, 0.5) is 5.82 Å². The quantitative estimate of drug-likeness (QED) is 0.867. The molecule has 2 aromatic rings. The summed E-state index contributed by atoms with van der Waals surface area (Å²) in [6.45, 7) is 0.572. The Kier molecular flexibility index (Phi) is 3.00. The van der Waals surface area contributed by atoms with Crippen LogP contribution in [0.1, 0.15) is 17.4 Å². The van der Waals surface area contributed by atoms with Crippen LogP contribution in [-0.2, 0) is 11.2 Å². The number of fused-ring (bicyclic) bond motifs is 1. The van der Waals surface area contributed by atoms with E-state index in [2.05, 4.69) is 15.5 Å². The molecule has 0 aromatic carbocycles. The maximum Gasteiger partial charge on any atom is 0.253 e. The number of amides is 1. The van der Waals surface area contributed by atoms with E-state index < -0.39 is 6.04 Å². The van der Waals surface area contributed by atoms with Gasteiger partial charge in [0, 0.05) is 12.7 Å². The van der Waals surface area contributed by atoms with Gasteiger partial charge in [-0.25, -0.2) is 0 Å². The first kappa shape index (κ1) is 11.9. The molecule has 1 N–H and O–H groups in total. The van der Waals surface area contributed by atoms with Crippen molar-refractivity contribution >= 4 is 11.7 Å². The van der Waals surface area contributed by atoms with E-state index in [1.165, 1.54) is 0 Å². The van der Waals surface area contributed by atoms with Crippen molar-refractivity contribution in [3.8, 4) is 0 Å². The van der Waals surface area contributed by atoms with Crippen LogP contribution >= 0.6 is 0 Å². The molecular weight excluding hydrogens is 244 g/mol. The third-order valence-electron chi connectivity index (χ3n) is 3.28.